The molecule has 1 spiro atoms. The largest absolute Gasteiger partial charge is 0.379 e. The fraction of sp³-hybridized carbons (Fsp3) is 0.552. The number of aromatic amines is 2. The number of fused-ring (bicyclic) bond motifs is 2. The van der Waals surface area contributed by atoms with Crippen molar-refractivity contribution in [1.29, 1.82) is 0 Å². The zero-order chi connectivity index (χ0) is 26.6. The second-order valence-corrected chi connectivity index (χ2v) is 12.8. The molecule has 198 valence electrons. The summed E-state index contributed by atoms with van der Waals surface area (Å²) in [4.78, 5) is 30.9. The van der Waals surface area contributed by atoms with E-state index >= 15 is 0 Å². The zero-order valence-electron chi connectivity index (χ0n) is 22.9. The molecule has 4 heterocycles. The summed E-state index contributed by atoms with van der Waals surface area (Å²) in [5, 5.41) is 8.96. The number of methoxy groups -OCH3 is 1. The van der Waals surface area contributed by atoms with Gasteiger partial charge in [-0.25, -0.2) is 0 Å². The summed E-state index contributed by atoms with van der Waals surface area (Å²) >= 11 is 0. The van der Waals surface area contributed by atoms with E-state index in [2.05, 4.69) is 35.1 Å². The van der Waals surface area contributed by atoms with Crippen molar-refractivity contribution in [3.05, 3.63) is 41.1 Å². The van der Waals surface area contributed by atoms with Crippen LogP contribution in [-0.2, 0) is 22.4 Å². The monoisotopic (exact) mass is 505 g/mol. The second kappa shape index (κ2) is 9.01. The average molecular weight is 506 g/mol. The third kappa shape index (κ3) is 5.04. The standard InChI is InChI=1S/C24H27N5O2.C5H12O/c1-23(2)6-5-17-20(9-23)26-27-21(17)19-7-15-3-4-16(8-18(15)25-19)22(31)29-12-24(13-29)10-28(11-24)14-30;1-5(2,3)6-4/h3-4,7-8,14,25H,5-6,9-13H2,1-2H3,(H,26,27);1-4H3. The van der Waals surface area contributed by atoms with Crippen molar-refractivity contribution in [2.45, 2.75) is 59.5 Å². The molecule has 2 saturated heterocycles. The van der Waals surface area contributed by atoms with Crippen LogP contribution in [0.1, 0.15) is 62.7 Å². The quantitative estimate of drug-likeness (QED) is 0.516. The molecule has 2 aromatic heterocycles. The Labute approximate surface area is 218 Å². The Morgan fingerprint density at radius 2 is 1.84 bits per heavy atom. The van der Waals surface area contributed by atoms with Crippen LogP contribution in [0.5, 0.6) is 0 Å². The molecule has 1 aliphatic carbocycles. The first-order chi connectivity index (χ1) is 17.4. The van der Waals surface area contributed by atoms with E-state index in [0.717, 1.165) is 74.1 Å². The molecule has 2 aliphatic heterocycles. The molecule has 2 fully saturated rings. The maximum atomic E-state index is 12.9. The minimum atomic E-state index is 0.0417. The number of carbonyl (C=O) groups excluding carboxylic acids is 2. The Hall–Kier alpha value is -3.13. The van der Waals surface area contributed by atoms with E-state index in [4.69, 9.17) is 4.74 Å². The van der Waals surface area contributed by atoms with Gasteiger partial charge in [-0.1, -0.05) is 19.9 Å². The van der Waals surface area contributed by atoms with Gasteiger partial charge in [0.2, 0.25) is 6.41 Å². The number of rotatable bonds is 3. The van der Waals surface area contributed by atoms with Crippen LogP contribution in [0.15, 0.2) is 24.3 Å². The number of carbonyl (C=O) groups is 2. The van der Waals surface area contributed by atoms with Gasteiger partial charge in [-0.3, -0.25) is 14.7 Å². The third-order valence-corrected chi connectivity index (χ3v) is 7.96. The number of nitrogens with one attached hydrogen (secondary N) is 2. The lowest BCUT2D eigenvalue weighted by molar-refractivity contribution is -0.141. The summed E-state index contributed by atoms with van der Waals surface area (Å²) in [7, 11) is 1.71. The van der Waals surface area contributed by atoms with Crippen LogP contribution in [0.3, 0.4) is 0 Å². The summed E-state index contributed by atoms with van der Waals surface area (Å²) in [6.45, 7) is 13.7. The molecule has 37 heavy (non-hydrogen) atoms. The van der Waals surface area contributed by atoms with Crippen molar-refractivity contribution < 1.29 is 14.3 Å². The fourth-order valence-corrected chi connectivity index (χ4v) is 5.64. The smallest absolute Gasteiger partial charge is 0.253 e. The lowest BCUT2D eigenvalue weighted by atomic mass is 9.73. The number of benzene rings is 1. The van der Waals surface area contributed by atoms with Crippen LogP contribution in [0.2, 0.25) is 0 Å². The van der Waals surface area contributed by atoms with E-state index in [1.165, 1.54) is 11.3 Å². The molecular formula is C29H39N5O3. The molecule has 0 radical (unpaired) electrons. The Bertz CT molecular complexity index is 1320. The molecule has 1 aromatic carbocycles. The first kappa shape index (κ1) is 25.5. The first-order valence-corrected chi connectivity index (χ1v) is 13.1. The molecule has 0 unspecified atom stereocenters. The normalized spacial score (nSPS) is 19.5. The van der Waals surface area contributed by atoms with Crippen molar-refractivity contribution in [2.75, 3.05) is 33.3 Å². The van der Waals surface area contributed by atoms with E-state index in [1.807, 2.05) is 43.9 Å². The number of aromatic nitrogens is 3. The van der Waals surface area contributed by atoms with Gasteiger partial charge in [0, 0.05) is 66.4 Å². The molecule has 0 saturated carbocycles. The highest BCUT2D eigenvalue weighted by atomic mass is 16.5. The number of amides is 2. The number of ether oxygens (including phenoxy) is 1. The van der Waals surface area contributed by atoms with Crippen LogP contribution >= 0.6 is 0 Å². The molecule has 2 amide bonds. The highest BCUT2D eigenvalue weighted by Crippen LogP contribution is 2.40. The third-order valence-electron chi connectivity index (χ3n) is 7.96. The number of likely N-dealkylation sites (tertiary alicyclic amines) is 2. The summed E-state index contributed by atoms with van der Waals surface area (Å²) in [5.74, 6) is 0.0626. The fourth-order valence-electron chi connectivity index (χ4n) is 5.64. The van der Waals surface area contributed by atoms with E-state index in [-0.39, 0.29) is 16.9 Å². The van der Waals surface area contributed by atoms with E-state index in [0.29, 0.717) is 11.0 Å². The lowest BCUT2D eigenvalue weighted by Gasteiger charge is -2.59. The molecule has 8 nitrogen and oxygen atoms in total. The average Bonchev–Trinajstić information content (AvgIpc) is 3.39. The minimum absolute atomic E-state index is 0.0417. The maximum Gasteiger partial charge on any atom is 0.253 e. The van der Waals surface area contributed by atoms with Crippen molar-refractivity contribution in [3.63, 3.8) is 0 Å². The van der Waals surface area contributed by atoms with Gasteiger partial charge in [-0.2, -0.15) is 5.10 Å². The van der Waals surface area contributed by atoms with E-state index in [9.17, 15) is 9.59 Å². The molecule has 3 aliphatic rings. The predicted molar refractivity (Wildman–Crippen MR) is 144 cm³/mol. The zero-order valence-corrected chi connectivity index (χ0v) is 22.9. The first-order valence-electron chi connectivity index (χ1n) is 13.1. The summed E-state index contributed by atoms with van der Waals surface area (Å²) in [6.07, 6.45) is 4.11. The van der Waals surface area contributed by atoms with E-state index < -0.39 is 0 Å². The van der Waals surface area contributed by atoms with Crippen molar-refractivity contribution >= 4 is 23.2 Å². The Kier molecular flexibility index (Phi) is 6.21. The van der Waals surface area contributed by atoms with Gasteiger partial charge < -0.3 is 19.5 Å². The lowest BCUT2D eigenvalue weighted by Crippen LogP contribution is -2.72. The van der Waals surface area contributed by atoms with Gasteiger partial charge in [0.15, 0.2) is 0 Å². The van der Waals surface area contributed by atoms with Gasteiger partial charge in [0.05, 0.1) is 11.3 Å². The van der Waals surface area contributed by atoms with Crippen molar-refractivity contribution in [1.82, 2.24) is 25.0 Å². The molecular weight excluding hydrogens is 466 g/mol. The molecule has 6 rings (SSSR count). The number of hydrogen-bond acceptors (Lipinski definition) is 4. The summed E-state index contributed by atoms with van der Waals surface area (Å²) in [6, 6.07) is 8.00. The van der Waals surface area contributed by atoms with Gasteiger partial charge in [0.1, 0.15) is 5.69 Å². The van der Waals surface area contributed by atoms with Gasteiger partial charge >= 0.3 is 0 Å². The number of hydrogen-bond donors (Lipinski definition) is 2. The topological polar surface area (TPSA) is 94.3 Å². The SMILES string of the molecule is CC1(C)CCc2c(-c3cc4ccc(C(=O)N5CC6(CN(C=O)C6)C5)cc4[nH]3)n[nH]c2C1.COC(C)(C)C. The Balaban J connectivity index is 0.000000421. The molecule has 0 atom stereocenters. The Morgan fingerprint density at radius 3 is 2.49 bits per heavy atom. The highest BCUT2D eigenvalue weighted by Gasteiger charge is 2.53. The summed E-state index contributed by atoms with van der Waals surface area (Å²) < 4.78 is 4.94. The summed E-state index contributed by atoms with van der Waals surface area (Å²) in [5.41, 5.74) is 6.72. The molecule has 3 aromatic rings. The van der Waals surface area contributed by atoms with Crippen LogP contribution in [0, 0.1) is 10.8 Å². The van der Waals surface area contributed by atoms with Crippen LogP contribution < -0.4 is 0 Å². The Morgan fingerprint density at radius 1 is 1.14 bits per heavy atom. The van der Waals surface area contributed by atoms with Gasteiger partial charge in [0.25, 0.3) is 5.91 Å². The molecule has 8 heteroatoms. The van der Waals surface area contributed by atoms with E-state index in [1.54, 1.807) is 12.0 Å². The number of H-pyrrole nitrogens is 2. The maximum absolute atomic E-state index is 12.9. The van der Waals surface area contributed by atoms with Crippen molar-refractivity contribution in [2.24, 2.45) is 10.8 Å². The second-order valence-electron chi connectivity index (χ2n) is 12.8. The van der Waals surface area contributed by atoms with Gasteiger partial charge in [-0.15, -0.1) is 0 Å². The number of nitrogens with zero attached hydrogens (tertiary/aromatic N) is 3. The molecule has 2 N–H and O–H groups in total. The van der Waals surface area contributed by atoms with Crippen LogP contribution in [0.25, 0.3) is 22.3 Å². The minimum Gasteiger partial charge on any atom is -0.379 e. The highest BCUT2D eigenvalue weighted by molar-refractivity contribution is 5.99. The predicted octanol–water partition coefficient (Wildman–Crippen LogP) is 4.42. The molecule has 0 bridgehead atoms. The van der Waals surface area contributed by atoms with Gasteiger partial charge in [-0.05, 0) is 63.6 Å². The van der Waals surface area contributed by atoms with Crippen LogP contribution in [-0.4, -0.2) is 76.2 Å². The van der Waals surface area contributed by atoms with Crippen LogP contribution in [0.4, 0.5) is 0 Å². The van der Waals surface area contributed by atoms with Crippen molar-refractivity contribution in [3.8, 4) is 11.4 Å².